The second-order valence-electron chi connectivity index (χ2n) is 5.38. The van der Waals surface area contributed by atoms with Gasteiger partial charge in [0, 0.05) is 12.1 Å². The summed E-state index contributed by atoms with van der Waals surface area (Å²) >= 11 is 1.60. The Morgan fingerprint density at radius 3 is 3.00 bits per heavy atom. The molecule has 1 amide bonds. The molecule has 2 heterocycles. The zero-order chi connectivity index (χ0) is 16.9. The number of morpholine rings is 1. The lowest BCUT2D eigenvalue weighted by atomic mass is 10.1. The molecule has 1 aromatic heterocycles. The van der Waals surface area contributed by atoms with Crippen LogP contribution in [0.3, 0.4) is 0 Å². The summed E-state index contributed by atoms with van der Waals surface area (Å²) in [5.74, 6) is -0.802. The van der Waals surface area contributed by atoms with Crippen molar-refractivity contribution in [2.75, 3.05) is 26.3 Å². The Morgan fingerprint density at radius 2 is 2.25 bits per heavy atom. The SMILES string of the molecule is O=C(O)COc1cccc(C(=O)N2CCOC(c3ccsc3)C2)c1. The molecule has 24 heavy (non-hydrogen) atoms. The maximum Gasteiger partial charge on any atom is 0.341 e. The van der Waals surface area contributed by atoms with Crippen LogP contribution in [0.5, 0.6) is 5.75 Å². The van der Waals surface area contributed by atoms with Gasteiger partial charge in [-0.15, -0.1) is 0 Å². The first-order valence-electron chi connectivity index (χ1n) is 7.51. The Bertz CT molecular complexity index is 716. The molecule has 1 atom stereocenters. The zero-order valence-corrected chi connectivity index (χ0v) is 13.7. The highest BCUT2D eigenvalue weighted by molar-refractivity contribution is 7.07. The van der Waals surface area contributed by atoms with Crippen LogP contribution in [-0.2, 0) is 9.53 Å². The van der Waals surface area contributed by atoms with E-state index in [1.165, 1.54) is 0 Å². The van der Waals surface area contributed by atoms with Gasteiger partial charge in [0.1, 0.15) is 11.9 Å². The van der Waals surface area contributed by atoms with E-state index in [4.69, 9.17) is 14.6 Å². The molecule has 2 aromatic rings. The van der Waals surface area contributed by atoms with Crippen molar-refractivity contribution in [3.8, 4) is 5.75 Å². The van der Waals surface area contributed by atoms with Crippen LogP contribution < -0.4 is 4.74 Å². The molecule has 1 N–H and O–H groups in total. The number of amides is 1. The standard InChI is InChI=1S/C17H17NO5S/c19-16(20)10-23-14-3-1-2-12(8-14)17(21)18-5-6-22-15(9-18)13-4-7-24-11-13/h1-4,7-8,11,15H,5-6,9-10H2,(H,19,20). The number of benzene rings is 1. The predicted molar refractivity (Wildman–Crippen MR) is 88.5 cm³/mol. The highest BCUT2D eigenvalue weighted by atomic mass is 32.1. The van der Waals surface area contributed by atoms with Crippen LogP contribution in [0.4, 0.5) is 0 Å². The maximum absolute atomic E-state index is 12.7. The molecule has 1 saturated heterocycles. The highest BCUT2D eigenvalue weighted by Crippen LogP contribution is 2.25. The highest BCUT2D eigenvalue weighted by Gasteiger charge is 2.26. The van der Waals surface area contributed by atoms with E-state index in [2.05, 4.69) is 0 Å². The van der Waals surface area contributed by atoms with Crippen molar-refractivity contribution in [3.63, 3.8) is 0 Å². The molecular formula is C17H17NO5S. The van der Waals surface area contributed by atoms with Gasteiger partial charge in [0.25, 0.3) is 5.91 Å². The van der Waals surface area contributed by atoms with Gasteiger partial charge in [-0.1, -0.05) is 6.07 Å². The third kappa shape index (κ3) is 3.93. The Morgan fingerprint density at radius 1 is 1.38 bits per heavy atom. The van der Waals surface area contributed by atoms with E-state index in [1.807, 2.05) is 16.8 Å². The van der Waals surface area contributed by atoms with Gasteiger partial charge in [0.2, 0.25) is 0 Å². The van der Waals surface area contributed by atoms with Crippen LogP contribution in [0, 0.1) is 0 Å². The first kappa shape index (κ1) is 16.5. The van der Waals surface area contributed by atoms with E-state index < -0.39 is 12.6 Å². The molecule has 7 heteroatoms. The summed E-state index contributed by atoms with van der Waals surface area (Å²) in [5.41, 5.74) is 1.56. The number of aliphatic carboxylic acids is 1. The maximum atomic E-state index is 12.7. The number of ether oxygens (including phenoxy) is 2. The van der Waals surface area contributed by atoms with Gasteiger partial charge < -0.3 is 19.5 Å². The summed E-state index contributed by atoms with van der Waals surface area (Å²) < 4.78 is 10.9. The van der Waals surface area contributed by atoms with Crippen molar-refractivity contribution in [3.05, 3.63) is 52.2 Å². The summed E-state index contributed by atoms with van der Waals surface area (Å²) in [5, 5.41) is 12.7. The lowest BCUT2D eigenvalue weighted by molar-refractivity contribution is -0.139. The molecule has 0 saturated carbocycles. The van der Waals surface area contributed by atoms with E-state index in [1.54, 1.807) is 40.5 Å². The van der Waals surface area contributed by atoms with Crippen LogP contribution in [-0.4, -0.2) is 48.2 Å². The number of rotatable bonds is 5. The van der Waals surface area contributed by atoms with E-state index >= 15 is 0 Å². The lowest BCUT2D eigenvalue weighted by Crippen LogP contribution is -2.42. The number of carboxylic acid groups (broad SMARTS) is 1. The van der Waals surface area contributed by atoms with Crippen LogP contribution in [0.25, 0.3) is 0 Å². The lowest BCUT2D eigenvalue weighted by Gasteiger charge is -2.32. The average molecular weight is 347 g/mol. The second kappa shape index (κ2) is 7.46. The van der Waals surface area contributed by atoms with E-state index in [9.17, 15) is 9.59 Å². The van der Waals surface area contributed by atoms with Gasteiger partial charge >= 0.3 is 5.97 Å². The molecular weight excluding hydrogens is 330 g/mol. The zero-order valence-electron chi connectivity index (χ0n) is 12.9. The number of thiophene rings is 1. The summed E-state index contributed by atoms with van der Waals surface area (Å²) in [7, 11) is 0. The topological polar surface area (TPSA) is 76.1 Å². The third-order valence-electron chi connectivity index (χ3n) is 3.71. The first-order valence-corrected chi connectivity index (χ1v) is 8.45. The van der Waals surface area contributed by atoms with Crippen molar-refractivity contribution in [1.82, 2.24) is 4.90 Å². The van der Waals surface area contributed by atoms with Gasteiger partial charge in [-0.05, 0) is 40.6 Å². The number of carbonyl (C=O) groups excluding carboxylic acids is 1. The molecule has 126 valence electrons. The minimum absolute atomic E-state index is 0.111. The van der Waals surface area contributed by atoms with Crippen molar-refractivity contribution in [2.24, 2.45) is 0 Å². The minimum atomic E-state index is -1.06. The monoisotopic (exact) mass is 347 g/mol. The van der Waals surface area contributed by atoms with Gasteiger partial charge in [0.05, 0.1) is 13.2 Å². The molecule has 6 nitrogen and oxygen atoms in total. The molecule has 1 unspecified atom stereocenters. The molecule has 3 rings (SSSR count). The smallest absolute Gasteiger partial charge is 0.341 e. The average Bonchev–Trinajstić information content (AvgIpc) is 3.14. The summed E-state index contributed by atoms with van der Waals surface area (Å²) in [4.78, 5) is 25.0. The molecule has 0 radical (unpaired) electrons. The minimum Gasteiger partial charge on any atom is -0.482 e. The number of carbonyl (C=O) groups is 2. The first-order chi connectivity index (χ1) is 11.6. The molecule has 0 spiro atoms. The van der Waals surface area contributed by atoms with Crippen LogP contribution in [0.15, 0.2) is 41.1 Å². The summed E-state index contributed by atoms with van der Waals surface area (Å²) in [6, 6.07) is 8.59. The quantitative estimate of drug-likeness (QED) is 0.899. The third-order valence-corrected chi connectivity index (χ3v) is 4.41. The number of hydrogen-bond donors (Lipinski definition) is 1. The van der Waals surface area contributed by atoms with Crippen LogP contribution in [0.1, 0.15) is 22.0 Å². The van der Waals surface area contributed by atoms with Crippen molar-refractivity contribution >= 4 is 23.2 Å². The number of nitrogens with zero attached hydrogens (tertiary/aromatic N) is 1. The predicted octanol–water partition coefficient (Wildman–Crippen LogP) is 2.43. The fourth-order valence-corrected chi connectivity index (χ4v) is 3.24. The van der Waals surface area contributed by atoms with E-state index in [0.29, 0.717) is 31.0 Å². The fraction of sp³-hybridized carbons (Fsp3) is 0.294. The van der Waals surface area contributed by atoms with Crippen molar-refractivity contribution < 1.29 is 24.2 Å². The van der Waals surface area contributed by atoms with E-state index in [-0.39, 0.29) is 12.0 Å². The van der Waals surface area contributed by atoms with Crippen molar-refractivity contribution in [2.45, 2.75) is 6.10 Å². The Balaban J connectivity index is 1.69. The van der Waals surface area contributed by atoms with Crippen LogP contribution in [0.2, 0.25) is 0 Å². The van der Waals surface area contributed by atoms with Crippen molar-refractivity contribution in [1.29, 1.82) is 0 Å². The number of hydrogen-bond acceptors (Lipinski definition) is 5. The van der Waals surface area contributed by atoms with Gasteiger partial charge in [-0.2, -0.15) is 11.3 Å². The second-order valence-corrected chi connectivity index (χ2v) is 6.16. The Kier molecular flexibility index (Phi) is 5.12. The molecule has 1 aromatic carbocycles. The van der Waals surface area contributed by atoms with Gasteiger partial charge in [-0.3, -0.25) is 4.79 Å². The normalized spacial score (nSPS) is 17.5. The molecule has 0 bridgehead atoms. The fourth-order valence-electron chi connectivity index (χ4n) is 2.54. The Labute approximate surface area is 143 Å². The summed E-state index contributed by atoms with van der Waals surface area (Å²) in [6.07, 6.45) is -0.111. The van der Waals surface area contributed by atoms with E-state index in [0.717, 1.165) is 5.56 Å². The molecule has 1 fully saturated rings. The van der Waals surface area contributed by atoms with Crippen LogP contribution >= 0.6 is 11.3 Å². The molecule has 1 aliphatic rings. The largest absolute Gasteiger partial charge is 0.482 e. The van der Waals surface area contributed by atoms with Gasteiger partial charge in [-0.25, -0.2) is 4.79 Å². The molecule has 1 aliphatic heterocycles. The Hall–Kier alpha value is -2.38. The summed E-state index contributed by atoms with van der Waals surface area (Å²) in [6.45, 7) is 1.08. The molecule has 0 aliphatic carbocycles. The number of carboxylic acids is 1. The van der Waals surface area contributed by atoms with Gasteiger partial charge in [0.15, 0.2) is 6.61 Å².